The quantitative estimate of drug-likeness (QED) is 0.785. The Morgan fingerprint density at radius 2 is 2.10 bits per heavy atom. The van der Waals surface area contributed by atoms with Crippen LogP contribution in [-0.2, 0) is 6.42 Å². The van der Waals surface area contributed by atoms with Gasteiger partial charge in [-0.15, -0.1) is 11.8 Å². The molecule has 2 rings (SSSR count). The fourth-order valence-electron chi connectivity index (χ4n) is 2.57. The lowest BCUT2D eigenvalue weighted by atomic mass is 10.1. The van der Waals surface area contributed by atoms with Crippen LogP contribution in [0.3, 0.4) is 0 Å². The topological polar surface area (TPSA) is 51.0 Å². The number of thioether (sulfide) groups is 2. The Morgan fingerprint density at radius 1 is 1.29 bits per heavy atom. The lowest BCUT2D eigenvalue weighted by molar-refractivity contribution is 0.346. The molecule has 0 saturated carbocycles. The molecule has 4 nitrogen and oxygen atoms in total. The standard InChI is InChI=1S/C15H27N3OS2/c1-4-6-12(16-7-5-2)10-13-17-15(18-19-13)14-11(3)20-8-9-21-14/h11-12,14,16H,4-10H2,1-3H3. The van der Waals surface area contributed by atoms with E-state index in [1.165, 1.54) is 17.9 Å². The molecule has 0 bridgehead atoms. The molecule has 6 heteroatoms. The molecule has 0 aromatic carbocycles. The maximum Gasteiger partial charge on any atom is 0.228 e. The van der Waals surface area contributed by atoms with Crippen molar-refractivity contribution in [3.05, 3.63) is 11.7 Å². The lowest BCUT2D eigenvalue weighted by Crippen LogP contribution is -2.31. The van der Waals surface area contributed by atoms with Gasteiger partial charge in [-0.3, -0.25) is 0 Å². The van der Waals surface area contributed by atoms with E-state index >= 15 is 0 Å². The van der Waals surface area contributed by atoms with Crippen molar-refractivity contribution in [2.45, 2.75) is 63.0 Å². The zero-order valence-corrected chi connectivity index (χ0v) is 14.9. The Labute approximate surface area is 136 Å². The molecular weight excluding hydrogens is 302 g/mol. The average molecular weight is 330 g/mol. The molecule has 1 fully saturated rings. The maximum atomic E-state index is 5.50. The van der Waals surface area contributed by atoms with E-state index in [9.17, 15) is 0 Å². The Kier molecular flexibility index (Phi) is 7.40. The summed E-state index contributed by atoms with van der Waals surface area (Å²) in [6.07, 6.45) is 4.33. The first-order valence-electron chi connectivity index (χ1n) is 8.03. The van der Waals surface area contributed by atoms with Crippen molar-refractivity contribution in [1.29, 1.82) is 0 Å². The van der Waals surface area contributed by atoms with Crippen LogP contribution in [-0.4, -0.2) is 39.5 Å². The molecule has 2 heterocycles. The SMILES string of the molecule is CCCNC(CCC)Cc1nc(C2SCCSC2C)no1. The molecule has 0 spiro atoms. The van der Waals surface area contributed by atoms with Gasteiger partial charge in [-0.25, -0.2) is 0 Å². The average Bonchev–Trinajstić information content (AvgIpc) is 2.94. The molecule has 1 saturated heterocycles. The van der Waals surface area contributed by atoms with Crippen LogP contribution in [0.5, 0.6) is 0 Å². The molecule has 0 radical (unpaired) electrons. The van der Waals surface area contributed by atoms with Crippen LogP contribution < -0.4 is 5.32 Å². The van der Waals surface area contributed by atoms with Gasteiger partial charge in [0, 0.05) is 29.2 Å². The van der Waals surface area contributed by atoms with Crippen molar-refractivity contribution in [3.8, 4) is 0 Å². The molecule has 1 aromatic heterocycles. The molecule has 3 unspecified atom stereocenters. The smallest absolute Gasteiger partial charge is 0.228 e. The lowest BCUT2D eigenvalue weighted by Gasteiger charge is -2.24. The second-order valence-corrected chi connectivity index (χ2v) is 8.29. The first-order valence-corrected chi connectivity index (χ1v) is 10.1. The summed E-state index contributed by atoms with van der Waals surface area (Å²) in [4.78, 5) is 4.66. The molecule has 1 aliphatic rings. The third-order valence-electron chi connectivity index (χ3n) is 3.67. The van der Waals surface area contributed by atoms with Crippen LogP contribution in [0, 0.1) is 0 Å². The zero-order valence-electron chi connectivity index (χ0n) is 13.3. The van der Waals surface area contributed by atoms with E-state index in [4.69, 9.17) is 4.52 Å². The van der Waals surface area contributed by atoms with Crippen LogP contribution in [0.4, 0.5) is 0 Å². The number of nitrogens with one attached hydrogen (secondary N) is 1. The summed E-state index contributed by atoms with van der Waals surface area (Å²) in [6, 6.07) is 0.453. The van der Waals surface area contributed by atoms with Crippen molar-refractivity contribution in [3.63, 3.8) is 0 Å². The second kappa shape index (κ2) is 9.06. The van der Waals surface area contributed by atoms with E-state index in [1.807, 2.05) is 23.5 Å². The summed E-state index contributed by atoms with van der Waals surface area (Å²) < 4.78 is 5.50. The van der Waals surface area contributed by atoms with Gasteiger partial charge in [0.1, 0.15) is 0 Å². The second-order valence-electron chi connectivity index (χ2n) is 5.56. The van der Waals surface area contributed by atoms with Gasteiger partial charge in [0.15, 0.2) is 5.82 Å². The Balaban J connectivity index is 1.94. The predicted molar refractivity (Wildman–Crippen MR) is 92.1 cm³/mol. The number of nitrogens with zero attached hydrogens (tertiary/aromatic N) is 2. The first kappa shape index (κ1) is 17.2. The zero-order chi connectivity index (χ0) is 15.1. The van der Waals surface area contributed by atoms with Gasteiger partial charge in [-0.1, -0.05) is 32.3 Å². The van der Waals surface area contributed by atoms with Gasteiger partial charge in [0.05, 0.1) is 5.25 Å². The molecule has 1 aromatic rings. The van der Waals surface area contributed by atoms with E-state index < -0.39 is 0 Å². The number of hydrogen-bond acceptors (Lipinski definition) is 6. The highest BCUT2D eigenvalue weighted by molar-refractivity contribution is 8.06. The van der Waals surface area contributed by atoms with Gasteiger partial charge in [0.25, 0.3) is 0 Å². The van der Waals surface area contributed by atoms with Crippen LogP contribution in [0.1, 0.15) is 57.0 Å². The van der Waals surface area contributed by atoms with Gasteiger partial charge in [-0.2, -0.15) is 16.7 Å². The number of rotatable bonds is 8. The largest absolute Gasteiger partial charge is 0.339 e. The van der Waals surface area contributed by atoms with Crippen molar-refractivity contribution >= 4 is 23.5 Å². The van der Waals surface area contributed by atoms with Crippen LogP contribution >= 0.6 is 23.5 Å². The molecular formula is C15H27N3OS2. The molecule has 21 heavy (non-hydrogen) atoms. The minimum absolute atomic E-state index is 0.384. The number of hydrogen-bond donors (Lipinski definition) is 1. The summed E-state index contributed by atoms with van der Waals surface area (Å²) in [5.41, 5.74) is 0. The van der Waals surface area contributed by atoms with Gasteiger partial charge in [-0.05, 0) is 19.4 Å². The van der Waals surface area contributed by atoms with E-state index in [0.717, 1.165) is 37.5 Å². The normalized spacial score (nSPS) is 24.1. The fraction of sp³-hybridized carbons (Fsp3) is 0.867. The minimum atomic E-state index is 0.384. The van der Waals surface area contributed by atoms with Crippen molar-refractivity contribution < 1.29 is 4.52 Å². The number of aromatic nitrogens is 2. The summed E-state index contributed by atoms with van der Waals surface area (Å²) in [5, 5.41) is 8.77. The highest BCUT2D eigenvalue weighted by Crippen LogP contribution is 2.41. The minimum Gasteiger partial charge on any atom is -0.339 e. The Morgan fingerprint density at radius 3 is 2.81 bits per heavy atom. The fourth-order valence-corrected chi connectivity index (χ4v) is 5.25. The van der Waals surface area contributed by atoms with Gasteiger partial charge < -0.3 is 9.84 Å². The Hall–Kier alpha value is -0.200. The van der Waals surface area contributed by atoms with Crippen molar-refractivity contribution in [2.24, 2.45) is 0 Å². The van der Waals surface area contributed by atoms with E-state index in [-0.39, 0.29) is 0 Å². The van der Waals surface area contributed by atoms with Crippen LogP contribution in [0.25, 0.3) is 0 Å². The predicted octanol–water partition coefficient (Wildman–Crippen LogP) is 3.69. The monoisotopic (exact) mass is 329 g/mol. The van der Waals surface area contributed by atoms with Crippen LogP contribution in [0.15, 0.2) is 4.52 Å². The molecule has 1 aliphatic heterocycles. The first-order chi connectivity index (χ1) is 10.2. The van der Waals surface area contributed by atoms with E-state index in [2.05, 4.69) is 36.2 Å². The summed E-state index contributed by atoms with van der Waals surface area (Å²) >= 11 is 3.97. The van der Waals surface area contributed by atoms with Crippen molar-refractivity contribution in [1.82, 2.24) is 15.5 Å². The van der Waals surface area contributed by atoms with Gasteiger partial charge in [0.2, 0.25) is 5.89 Å². The summed E-state index contributed by atoms with van der Waals surface area (Å²) in [5.74, 6) is 4.09. The summed E-state index contributed by atoms with van der Waals surface area (Å²) in [7, 11) is 0. The molecule has 120 valence electrons. The van der Waals surface area contributed by atoms with Gasteiger partial charge >= 0.3 is 0 Å². The highest BCUT2D eigenvalue weighted by Gasteiger charge is 2.28. The molecule has 0 amide bonds. The highest BCUT2D eigenvalue weighted by atomic mass is 32.2. The molecule has 1 N–H and O–H groups in total. The maximum absolute atomic E-state index is 5.50. The van der Waals surface area contributed by atoms with E-state index in [1.54, 1.807) is 0 Å². The molecule has 3 atom stereocenters. The summed E-state index contributed by atoms with van der Waals surface area (Å²) in [6.45, 7) is 7.73. The van der Waals surface area contributed by atoms with E-state index in [0.29, 0.717) is 16.5 Å². The Bertz CT molecular complexity index is 413. The molecule has 0 aliphatic carbocycles. The third kappa shape index (κ3) is 5.18. The van der Waals surface area contributed by atoms with Crippen molar-refractivity contribution in [2.75, 3.05) is 18.1 Å². The third-order valence-corrected chi connectivity index (χ3v) is 6.75. The van der Waals surface area contributed by atoms with Crippen LogP contribution in [0.2, 0.25) is 0 Å².